The molecule has 30 valence electrons. The van der Waals surface area contributed by atoms with Crippen LogP contribution in [0.1, 0.15) is 0 Å². The van der Waals surface area contributed by atoms with Crippen molar-refractivity contribution < 1.29 is 113 Å². The van der Waals surface area contributed by atoms with Crippen LogP contribution in [-0.4, -0.2) is 0 Å². The Hall–Kier alpha value is 3.66. The number of rotatable bonds is 0. The Morgan fingerprint density at radius 2 is 0.750 bits per heavy atom. The summed E-state index contributed by atoms with van der Waals surface area (Å²) in [6, 6.07) is 0. The van der Waals surface area contributed by atoms with E-state index in [2.05, 4.69) is 0 Å². The van der Waals surface area contributed by atoms with Crippen molar-refractivity contribution in [3.05, 3.63) is 0 Å². The van der Waals surface area contributed by atoms with Crippen LogP contribution in [-0.2, 0) is 34.1 Å². The third kappa shape index (κ3) is 9.18. The maximum Gasteiger partial charge on any atom is 0 e. The van der Waals surface area contributed by atoms with Crippen LogP contribution < -0.4 is 0 Å². The summed E-state index contributed by atoms with van der Waals surface area (Å²) in [6.07, 6.45) is 0. The van der Waals surface area contributed by atoms with E-state index in [-0.39, 0.29) is 113 Å². The Morgan fingerprint density at radius 1 is 0.750 bits per heavy atom. The standard InChI is InChI=1S/Dy.2Fe.Nd. The van der Waals surface area contributed by atoms with Crippen LogP contribution in [0.2, 0.25) is 0 Å². The van der Waals surface area contributed by atoms with Gasteiger partial charge in [-0.15, -0.1) is 0 Å². The van der Waals surface area contributed by atoms with Crippen LogP contribution in [0, 0.1) is 79.0 Å². The van der Waals surface area contributed by atoms with Gasteiger partial charge >= 0.3 is 0 Å². The topological polar surface area (TPSA) is 0 Å². The minimum Gasteiger partial charge on any atom is 0 e. The molecular weight excluding hydrogens is 418 g/mol. The van der Waals surface area contributed by atoms with Crippen LogP contribution in [0.25, 0.3) is 0 Å². The van der Waals surface area contributed by atoms with Crippen LogP contribution in [0.5, 0.6) is 0 Å². The Bertz CT molecular complexity index is 6.00. The molecular formula is DyFe2Nd. The summed E-state index contributed by atoms with van der Waals surface area (Å²) in [5.74, 6) is 0. The van der Waals surface area contributed by atoms with E-state index < -0.39 is 0 Å². The first-order chi connectivity index (χ1) is 0. The molecule has 0 saturated heterocycles. The third-order valence-corrected chi connectivity index (χ3v) is 0. The fourth-order valence-corrected chi connectivity index (χ4v) is 0. The molecule has 0 fully saturated rings. The Kier molecular flexibility index (Phi) is 101. The van der Waals surface area contributed by atoms with E-state index in [4.69, 9.17) is 0 Å². The quantitative estimate of drug-likeness (QED) is 0.486. The van der Waals surface area contributed by atoms with E-state index in [0.29, 0.717) is 0 Å². The molecule has 0 amide bonds. The molecule has 0 heterocycles. The van der Waals surface area contributed by atoms with E-state index in [1.165, 1.54) is 0 Å². The van der Waals surface area contributed by atoms with Gasteiger partial charge in [0.2, 0.25) is 0 Å². The van der Waals surface area contributed by atoms with E-state index in [1.807, 2.05) is 0 Å². The number of hydrogen-bond acceptors (Lipinski definition) is 0. The van der Waals surface area contributed by atoms with Gasteiger partial charge in [-0.2, -0.15) is 0 Å². The van der Waals surface area contributed by atoms with Crippen molar-refractivity contribution in [2.24, 2.45) is 0 Å². The van der Waals surface area contributed by atoms with Gasteiger partial charge in [-0.25, -0.2) is 0 Å². The third-order valence-electron chi connectivity index (χ3n) is 0. The summed E-state index contributed by atoms with van der Waals surface area (Å²) in [6.45, 7) is 0. The van der Waals surface area contributed by atoms with Gasteiger partial charge in [0.1, 0.15) is 0 Å². The molecule has 0 spiro atoms. The van der Waals surface area contributed by atoms with E-state index >= 15 is 0 Å². The van der Waals surface area contributed by atoms with E-state index in [1.54, 1.807) is 0 Å². The molecule has 0 bridgehead atoms. The number of hydrogen-bond donors (Lipinski definition) is 0. The molecule has 4 heavy (non-hydrogen) atoms. The second-order valence-electron chi connectivity index (χ2n) is 0. The molecule has 0 aliphatic carbocycles. The largest absolute Gasteiger partial charge is 0 e. The molecule has 0 N–H and O–H groups in total. The zero-order valence-electron chi connectivity index (χ0n) is 1.52. The molecule has 0 aromatic heterocycles. The van der Waals surface area contributed by atoms with Gasteiger partial charge in [-0.1, -0.05) is 0 Å². The first-order valence-corrected chi connectivity index (χ1v) is 0. The predicted octanol–water partition coefficient (Wildman–Crippen LogP) is -0.00500. The zero-order chi connectivity index (χ0) is 0. The van der Waals surface area contributed by atoms with Gasteiger partial charge in [-0.3, -0.25) is 0 Å². The summed E-state index contributed by atoms with van der Waals surface area (Å²) in [5.41, 5.74) is 0. The van der Waals surface area contributed by atoms with Crippen LogP contribution in [0.15, 0.2) is 0 Å². The average molecular weight is 418 g/mol. The van der Waals surface area contributed by atoms with Gasteiger partial charge < -0.3 is 0 Å². The monoisotopic (exact) mass is 418 g/mol. The Morgan fingerprint density at radius 3 is 0.750 bits per heavy atom. The zero-order valence-corrected chi connectivity index (χ0v) is 8.97. The van der Waals surface area contributed by atoms with Crippen molar-refractivity contribution in [2.75, 3.05) is 0 Å². The first kappa shape index (κ1) is 25.4. The Balaban J connectivity index is 0. The van der Waals surface area contributed by atoms with Crippen LogP contribution in [0.3, 0.4) is 0 Å². The second kappa shape index (κ2) is 15.9. The van der Waals surface area contributed by atoms with E-state index in [0.717, 1.165) is 0 Å². The van der Waals surface area contributed by atoms with Gasteiger partial charge in [0.15, 0.2) is 0 Å². The first-order valence-electron chi connectivity index (χ1n) is 0. The minimum absolute atomic E-state index is 0. The molecule has 0 radical (unpaired) electrons. The van der Waals surface area contributed by atoms with Crippen molar-refractivity contribution in [1.82, 2.24) is 0 Å². The summed E-state index contributed by atoms with van der Waals surface area (Å²) in [5, 5.41) is 0. The SMILES string of the molecule is [Dy].[Fe].[Fe].[Nd]. The minimum atomic E-state index is 0. The smallest absolute Gasteiger partial charge is 0 e. The van der Waals surface area contributed by atoms with Crippen LogP contribution >= 0.6 is 0 Å². The van der Waals surface area contributed by atoms with Gasteiger partial charge in [0.05, 0.1) is 0 Å². The molecule has 0 unspecified atom stereocenters. The predicted molar refractivity (Wildman–Crippen MR) is 0 cm³/mol. The molecule has 0 atom stereocenters. The van der Waals surface area contributed by atoms with Gasteiger partial charge in [0.25, 0.3) is 0 Å². The summed E-state index contributed by atoms with van der Waals surface area (Å²) < 4.78 is 0. The fraction of sp³-hybridized carbons (Fsp3) is 0. The normalized spacial score (nSPS) is 0. The summed E-state index contributed by atoms with van der Waals surface area (Å²) in [4.78, 5) is 0. The summed E-state index contributed by atoms with van der Waals surface area (Å²) >= 11 is 0. The van der Waals surface area contributed by atoms with Crippen molar-refractivity contribution >= 4 is 0 Å². The molecule has 0 aliphatic heterocycles. The van der Waals surface area contributed by atoms with Gasteiger partial charge in [-0.05, 0) is 0 Å². The van der Waals surface area contributed by atoms with Crippen LogP contribution in [0.4, 0.5) is 0 Å². The average Bonchev–Trinajstić information content (AvgIpc) is 0. The van der Waals surface area contributed by atoms with Crippen molar-refractivity contribution in [1.29, 1.82) is 0 Å². The van der Waals surface area contributed by atoms with E-state index in [9.17, 15) is 0 Å². The molecule has 0 nitrogen and oxygen atoms in total. The van der Waals surface area contributed by atoms with Crippen molar-refractivity contribution in [2.45, 2.75) is 0 Å². The van der Waals surface area contributed by atoms with Crippen molar-refractivity contribution in [3.8, 4) is 0 Å². The molecule has 0 aromatic carbocycles. The molecule has 0 saturated carbocycles. The van der Waals surface area contributed by atoms with Gasteiger partial charge in [0, 0.05) is 113 Å². The van der Waals surface area contributed by atoms with Crippen molar-refractivity contribution in [3.63, 3.8) is 0 Å². The molecule has 0 rings (SSSR count). The second-order valence-corrected chi connectivity index (χ2v) is 0. The summed E-state index contributed by atoms with van der Waals surface area (Å²) in [7, 11) is 0. The molecule has 0 aromatic rings. The molecule has 4 heteroatoms. The molecule has 0 aliphatic rings. The fourth-order valence-electron chi connectivity index (χ4n) is 0. The maximum atomic E-state index is 0. The maximum absolute atomic E-state index is 0. The Labute approximate surface area is 110 Å².